The number of hydrogen-bond donors (Lipinski definition) is 0. The van der Waals surface area contributed by atoms with Crippen LogP contribution < -0.4 is 0 Å². The first-order valence-electron chi connectivity index (χ1n) is 11.1. The van der Waals surface area contributed by atoms with Crippen LogP contribution in [0.2, 0.25) is 0 Å². The van der Waals surface area contributed by atoms with Gasteiger partial charge in [-0.05, 0) is 92.6 Å². The van der Waals surface area contributed by atoms with Crippen LogP contribution in [0.3, 0.4) is 0 Å². The molecule has 1 aromatic carbocycles. The van der Waals surface area contributed by atoms with Crippen LogP contribution in [0.25, 0.3) is 0 Å². The third kappa shape index (κ3) is 5.44. The Morgan fingerprint density at radius 2 is 1.50 bits per heavy atom. The Bertz CT molecular complexity index is 528. The molecule has 0 saturated heterocycles. The fourth-order valence-corrected chi connectivity index (χ4v) is 5.51. The monoisotopic (exact) mass is 356 g/mol. The molecule has 0 heterocycles. The Balaban J connectivity index is 1.41. The van der Waals surface area contributed by atoms with E-state index in [-0.39, 0.29) is 0 Å². The van der Waals surface area contributed by atoms with Crippen molar-refractivity contribution in [1.82, 2.24) is 0 Å². The average molecular weight is 357 g/mol. The molecule has 1 aromatic rings. The molecule has 2 aliphatic carbocycles. The first-order chi connectivity index (χ1) is 12.8. The van der Waals surface area contributed by atoms with Crippen molar-refractivity contribution < 1.29 is 4.39 Å². The lowest BCUT2D eigenvalue weighted by molar-refractivity contribution is 0.157. The van der Waals surface area contributed by atoms with Crippen LogP contribution in [0, 0.1) is 17.8 Å². The molecular formula is C25H37F. The molecule has 0 aliphatic heterocycles. The van der Waals surface area contributed by atoms with Gasteiger partial charge in [0, 0.05) is 0 Å². The molecule has 144 valence electrons. The number of hydrogen-bond acceptors (Lipinski definition) is 0. The Hall–Kier alpha value is -1.11. The van der Waals surface area contributed by atoms with E-state index in [0.717, 1.165) is 30.1 Å². The number of rotatable bonds is 7. The molecule has 0 bridgehead atoms. The van der Waals surface area contributed by atoms with Crippen molar-refractivity contribution in [3.8, 4) is 0 Å². The molecular weight excluding hydrogens is 319 g/mol. The molecule has 0 nitrogen and oxygen atoms in total. The lowest BCUT2D eigenvalue weighted by Gasteiger charge is -2.38. The minimum absolute atomic E-state index is 0.710. The summed E-state index contributed by atoms with van der Waals surface area (Å²) < 4.78 is 12.1. The summed E-state index contributed by atoms with van der Waals surface area (Å²) in [5.41, 5.74) is 3.07. The number of benzene rings is 1. The van der Waals surface area contributed by atoms with Gasteiger partial charge in [-0.15, -0.1) is 0 Å². The van der Waals surface area contributed by atoms with Crippen LogP contribution in [0.1, 0.15) is 94.6 Å². The summed E-state index contributed by atoms with van der Waals surface area (Å²) in [6.07, 6.45) is 18.2. The van der Waals surface area contributed by atoms with E-state index in [1.807, 2.05) is 0 Å². The maximum atomic E-state index is 12.1. The molecule has 2 aliphatic rings. The lowest BCUT2D eigenvalue weighted by atomic mass is 9.68. The Morgan fingerprint density at radius 3 is 2.08 bits per heavy atom. The van der Waals surface area contributed by atoms with E-state index in [2.05, 4.69) is 31.2 Å². The minimum Gasteiger partial charge on any atom is -0.216 e. The van der Waals surface area contributed by atoms with Crippen LogP contribution in [-0.2, 0) is 6.42 Å². The molecule has 0 unspecified atom stereocenters. The molecule has 2 saturated carbocycles. The number of aryl methyl sites for hydroxylation is 1. The van der Waals surface area contributed by atoms with Crippen molar-refractivity contribution in [2.45, 2.75) is 89.9 Å². The smallest absolute Gasteiger partial charge is 0.0827 e. The van der Waals surface area contributed by atoms with E-state index in [1.165, 1.54) is 76.2 Å². The topological polar surface area (TPSA) is 0 Å². The Kier molecular flexibility index (Phi) is 7.77. The summed E-state index contributed by atoms with van der Waals surface area (Å²) in [4.78, 5) is 0. The van der Waals surface area contributed by atoms with Gasteiger partial charge >= 0.3 is 0 Å². The summed E-state index contributed by atoms with van der Waals surface area (Å²) in [6.45, 7) is 2.25. The summed E-state index contributed by atoms with van der Waals surface area (Å²) in [5, 5.41) is 0. The zero-order chi connectivity index (χ0) is 18.2. The highest BCUT2D eigenvalue weighted by Gasteiger charge is 2.31. The quantitative estimate of drug-likeness (QED) is 0.464. The standard InChI is InChI=1S/C25H37F/c1-2-5-20-7-11-22(12-8-20)24-15-17-25(18-16-24)23-13-9-21(10-14-23)6-3-4-19-26/h4,7-8,11-12,19,21,23-25H,2-3,5-6,9-10,13-18H2,1H3/b19-4+. The first-order valence-corrected chi connectivity index (χ1v) is 11.1. The predicted octanol–water partition coefficient (Wildman–Crippen LogP) is 7.98. The average Bonchev–Trinajstić information content (AvgIpc) is 2.70. The first kappa shape index (κ1) is 19.6. The molecule has 2 fully saturated rings. The fourth-order valence-electron chi connectivity index (χ4n) is 5.51. The van der Waals surface area contributed by atoms with E-state index < -0.39 is 0 Å². The molecule has 1 heteroatoms. The zero-order valence-electron chi connectivity index (χ0n) is 16.6. The Morgan fingerprint density at radius 1 is 0.885 bits per heavy atom. The normalized spacial score (nSPS) is 29.9. The predicted molar refractivity (Wildman–Crippen MR) is 110 cm³/mol. The highest BCUT2D eigenvalue weighted by molar-refractivity contribution is 5.26. The molecule has 0 amide bonds. The van der Waals surface area contributed by atoms with Crippen LogP contribution in [0.15, 0.2) is 36.7 Å². The van der Waals surface area contributed by atoms with E-state index in [0.29, 0.717) is 6.33 Å². The van der Waals surface area contributed by atoms with Gasteiger partial charge in [0.15, 0.2) is 0 Å². The van der Waals surface area contributed by atoms with Gasteiger partial charge in [0.25, 0.3) is 0 Å². The maximum Gasteiger partial charge on any atom is 0.0827 e. The Labute approximate surface area is 160 Å². The second-order valence-corrected chi connectivity index (χ2v) is 8.82. The largest absolute Gasteiger partial charge is 0.216 e. The maximum absolute atomic E-state index is 12.1. The third-order valence-electron chi connectivity index (χ3n) is 7.15. The van der Waals surface area contributed by atoms with Gasteiger partial charge in [0.2, 0.25) is 0 Å². The van der Waals surface area contributed by atoms with Gasteiger partial charge < -0.3 is 0 Å². The molecule has 26 heavy (non-hydrogen) atoms. The lowest BCUT2D eigenvalue weighted by Crippen LogP contribution is -2.25. The van der Waals surface area contributed by atoms with Gasteiger partial charge in [-0.3, -0.25) is 0 Å². The van der Waals surface area contributed by atoms with Crippen molar-refractivity contribution in [3.05, 3.63) is 47.8 Å². The van der Waals surface area contributed by atoms with Crippen molar-refractivity contribution in [2.24, 2.45) is 17.8 Å². The van der Waals surface area contributed by atoms with E-state index in [4.69, 9.17) is 0 Å². The summed E-state index contributed by atoms with van der Waals surface area (Å²) in [6, 6.07) is 9.49. The second-order valence-electron chi connectivity index (χ2n) is 8.82. The van der Waals surface area contributed by atoms with Crippen molar-refractivity contribution in [2.75, 3.05) is 0 Å². The summed E-state index contributed by atoms with van der Waals surface area (Å²) in [7, 11) is 0. The summed E-state index contributed by atoms with van der Waals surface area (Å²) in [5.74, 6) is 3.58. The minimum atomic E-state index is 0.710. The van der Waals surface area contributed by atoms with Crippen LogP contribution >= 0.6 is 0 Å². The second kappa shape index (κ2) is 10.3. The molecule has 0 N–H and O–H groups in total. The van der Waals surface area contributed by atoms with Gasteiger partial charge in [0.05, 0.1) is 6.33 Å². The molecule has 0 radical (unpaired) electrons. The van der Waals surface area contributed by atoms with E-state index in [1.54, 1.807) is 11.6 Å². The van der Waals surface area contributed by atoms with Gasteiger partial charge in [-0.2, -0.15) is 0 Å². The highest BCUT2D eigenvalue weighted by Crippen LogP contribution is 2.44. The molecule has 0 aromatic heterocycles. The molecule has 0 atom stereocenters. The SMILES string of the molecule is CCCc1ccc(C2CCC(C3CCC(CC/C=C/F)CC3)CC2)cc1. The van der Waals surface area contributed by atoms with E-state index >= 15 is 0 Å². The van der Waals surface area contributed by atoms with Crippen molar-refractivity contribution in [1.29, 1.82) is 0 Å². The third-order valence-corrected chi connectivity index (χ3v) is 7.15. The van der Waals surface area contributed by atoms with Gasteiger partial charge in [-0.1, -0.05) is 56.5 Å². The van der Waals surface area contributed by atoms with E-state index in [9.17, 15) is 4.39 Å². The zero-order valence-corrected chi connectivity index (χ0v) is 16.6. The fraction of sp³-hybridized carbons (Fsp3) is 0.680. The van der Waals surface area contributed by atoms with Crippen LogP contribution in [-0.4, -0.2) is 0 Å². The number of halogens is 1. The van der Waals surface area contributed by atoms with Gasteiger partial charge in [0.1, 0.15) is 0 Å². The van der Waals surface area contributed by atoms with Crippen LogP contribution in [0.4, 0.5) is 4.39 Å². The van der Waals surface area contributed by atoms with Crippen LogP contribution in [0.5, 0.6) is 0 Å². The van der Waals surface area contributed by atoms with Crippen molar-refractivity contribution in [3.63, 3.8) is 0 Å². The van der Waals surface area contributed by atoms with Crippen molar-refractivity contribution >= 4 is 0 Å². The molecule has 0 spiro atoms. The summed E-state index contributed by atoms with van der Waals surface area (Å²) >= 11 is 0. The highest BCUT2D eigenvalue weighted by atomic mass is 19.1. The molecule has 3 rings (SSSR count). The van der Waals surface area contributed by atoms with Gasteiger partial charge in [-0.25, -0.2) is 4.39 Å². The number of allylic oxidation sites excluding steroid dienone is 1.